The van der Waals surface area contributed by atoms with Crippen LogP contribution < -0.4 is 0 Å². The quantitative estimate of drug-likeness (QED) is 0.914. The normalized spacial score (nSPS) is 13.6. The highest BCUT2D eigenvalue weighted by Gasteiger charge is 2.30. The topological polar surface area (TPSA) is 40.5 Å². The van der Waals surface area contributed by atoms with Crippen molar-refractivity contribution in [1.82, 2.24) is 4.90 Å². The van der Waals surface area contributed by atoms with Gasteiger partial charge in [-0.25, -0.2) is 8.78 Å². The van der Waals surface area contributed by atoms with Gasteiger partial charge >= 0.3 is 5.97 Å². The molecular weight excluding hydrogens is 252 g/mol. The Balaban J connectivity index is 3.15. The number of hydrogen-bond acceptors (Lipinski definition) is 2. The number of benzene rings is 1. The Hall–Kier alpha value is -1.49. The molecule has 5 heteroatoms. The highest BCUT2D eigenvalue weighted by atomic mass is 19.1. The van der Waals surface area contributed by atoms with Crippen molar-refractivity contribution in [3.8, 4) is 0 Å². The molecule has 3 nitrogen and oxygen atoms in total. The van der Waals surface area contributed by atoms with Crippen molar-refractivity contribution in [3.05, 3.63) is 35.4 Å². The van der Waals surface area contributed by atoms with Crippen LogP contribution in [0.25, 0.3) is 0 Å². The maximum Gasteiger partial charge on any atom is 0.317 e. The molecule has 0 bridgehead atoms. The van der Waals surface area contributed by atoms with Gasteiger partial charge in [0.2, 0.25) is 0 Å². The molecule has 106 valence electrons. The van der Waals surface area contributed by atoms with Crippen LogP contribution in [0.2, 0.25) is 0 Å². The van der Waals surface area contributed by atoms with Crippen molar-refractivity contribution in [2.45, 2.75) is 39.3 Å². The predicted molar refractivity (Wildman–Crippen MR) is 68.9 cm³/mol. The Kier molecular flexibility index (Phi) is 4.63. The molecule has 19 heavy (non-hydrogen) atoms. The van der Waals surface area contributed by atoms with Crippen LogP contribution >= 0.6 is 0 Å². The van der Waals surface area contributed by atoms with Crippen molar-refractivity contribution >= 4 is 5.97 Å². The molecule has 0 radical (unpaired) electrons. The van der Waals surface area contributed by atoms with E-state index < -0.39 is 29.2 Å². The monoisotopic (exact) mass is 271 g/mol. The predicted octanol–water partition coefficient (Wildman–Crippen LogP) is 3.21. The van der Waals surface area contributed by atoms with Gasteiger partial charge in [0.1, 0.15) is 11.6 Å². The summed E-state index contributed by atoms with van der Waals surface area (Å²) >= 11 is 0. The molecule has 1 unspecified atom stereocenters. The number of hydrogen-bond donors (Lipinski definition) is 1. The third-order valence-corrected chi connectivity index (χ3v) is 3.04. The molecule has 0 saturated carbocycles. The van der Waals surface area contributed by atoms with Crippen LogP contribution in [0.4, 0.5) is 8.78 Å². The first kappa shape index (κ1) is 15.6. The van der Waals surface area contributed by atoms with Crippen LogP contribution in [0.3, 0.4) is 0 Å². The summed E-state index contributed by atoms with van der Waals surface area (Å²) in [6.07, 6.45) is 0. The maximum atomic E-state index is 13.8. The zero-order chi connectivity index (χ0) is 14.8. The van der Waals surface area contributed by atoms with E-state index in [1.165, 1.54) is 0 Å². The van der Waals surface area contributed by atoms with Gasteiger partial charge in [-0.2, -0.15) is 0 Å². The summed E-state index contributed by atoms with van der Waals surface area (Å²) in [6, 6.07) is 2.68. The van der Waals surface area contributed by atoms with E-state index in [4.69, 9.17) is 5.11 Å². The van der Waals surface area contributed by atoms with Gasteiger partial charge in [0, 0.05) is 17.1 Å². The second-order valence-electron chi connectivity index (χ2n) is 5.53. The second-order valence-corrected chi connectivity index (χ2v) is 5.53. The van der Waals surface area contributed by atoms with E-state index in [9.17, 15) is 13.6 Å². The Labute approximate surface area is 111 Å². The molecular formula is C14H19F2NO2. The second kappa shape index (κ2) is 5.65. The van der Waals surface area contributed by atoms with Gasteiger partial charge in [-0.05, 0) is 45.9 Å². The van der Waals surface area contributed by atoms with E-state index in [-0.39, 0.29) is 12.1 Å². The maximum absolute atomic E-state index is 13.8. The largest absolute Gasteiger partial charge is 0.480 e. The standard InChI is InChI=1S/C14H19F2NO2/c1-9(11-7-10(15)5-6-12(11)16)17(8-13(18)19)14(2,3)4/h5-7,9H,8H2,1-4H3,(H,18,19). The van der Waals surface area contributed by atoms with E-state index in [1.807, 2.05) is 20.8 Å². The summed E-state index contributed by atoms with van der Waals surface area (Å²) in [6.45, 7) is 6.95. The van der Waals surface area contributed by atoms with Crippen LogP contribution in [-0.2, 0) is 4.79 Å². The van der Waals surface area contributed by atoms with Crippen LogP contribution in [0.5, 0.6) is 0 Å². The average molecular weight is 271 g/mol. The van der Waals surface area contributed by atoms with Gasteiger partial charge in [0.15, 0.2) is 0 Å². The van der Waals surface area contributed by atoms with Gasteiger partial charge < -0.3 is 5.11 Å². The third-order valence-electron chi connectivity index (χ3n) is 3.04. The lowest BCUT2D eigenvalue weighted by Crippen LogP contribution is -2.46. The fraction of sp³-hybridized carbons (Fsp3) is 0.500. The average Bonchev–Trinajstić information content (AvgIpc) is 2.26. The molecule has 1 aromatic rings. The number of rotatable bonds is 4. The minimum absolute atomic E-state index is 0.163. The first-order valence-corrected chi connectivity index (χ1v) is 6.06. The summed E-state index contributed by atoms with van der Waals surface area (Å²) in [5.41, 5.74) is -0.313. The summed E-state index contributed by atoms with van der Waals surface area (Å²) in [7, 11) is 0. The molecule has 0 heterocycles. The lowest BCUT2D eigenvalue weighted by atomic mass is 9.98. The van der Waals surface area contributed by atoms with Crippen LogP contribution in [0.1, 0.15) is 39.3 Å². The molecule has 1 N–H and O–H groups in total. The molecule has 0 aliphatic rings. The van der Waals surface area contributed by atoms with E-state index >= 15 is 0 Å². The number of nitrogens with zero attached hydrogens (tertiary/aromatic N) is 1. The van der Waals surface area contributed by atoms with E-state index in [0.717, 1.165) is 18.2 Å². The third kappa shape index (κ3) is 3.99. The molecule has 0 fully saturated rings. The van der Waals surface area contributed by atoms with Crippen molar-refractivity contribution in [3.63, 3.8) is 0 Å². The summed E-state index contributed by atoms with van der Waals surface area (Å²) in [4.78, 5) is 12.6. The Bertz CT molecular complexity index is 469. The summed E-state index contributed by atoms with van der Waals surface area (Å²) in [5, 5.41) is 8.96. The number of halogens is 2. The van der Waals surface area contributed by atoms with Crippen LogP contribution in [0, 0.1) is 11.6 Å². The van der Waals surface area contributed by atoms with Gasteiger partial charge in [-0.3, -0.25) is 9.69 Å². The molecule has 1 atom stereocenters. The molecule has 1 rings (SSSR count). The van der Waals surface area contributed by atoms with Crippen molar-refractivity contribution in [2.24, 2.45) is 0 Å². The van der Waals surface area contributed by atoms with E-state index in [0.29, 0.717) is 0 Å². The van der Waals surface area contributed by atoms with Crippen LogP contribution in [-0.4, -0.2) is 28.1 Å². The lowest BCUT2D eigenvalue weighted by Gasteiger charge is -2.39. The smallest absolute Gasteiger partial charge is 0.317 e. The molecule has 0 aliphatic heterocycles. The van der Waals surface area contributed by atoms with Gasteiger partial charge in [-0.1, -0.05) is 0 Å². The van der Waals surface area contributed by atoms with Gasteiger partial charge in [0.05, 0.1) is 6.54 Å². The number of carbonyl (C=O) groups is 1. The molecule has 0 spiro atoms. The van der Waals surface area contributed by atoms with Crippen molar-refractivity contribution in [1.29, 1.82) is 0 Å². The van der Waals surface area contributed by atoms with Crippen LogP contribution in [0.15, 0.2) is 18.2 Å². The molecule has 1 aromatic carbocycles. The highest BCUT2D eigenvalue weighted by molar-refractivity contribution is 5.69. The first-order valence-electron chi connectivity index (χ1n) is 6.06. The minimum Gasteiger partial charge on any atom is -0.480 e. The van der Waals surface area contributed by atoms with Crippen molar-refractivity contribution in [2.75, 3.05) is 6.54 Å². The summed E-state index contributed by atoms with van der Waals surface area (Å²) < 4.78 is 27.0. The van der Waals surface area contributed by atoms with E-state index in [2.05, 4.69) is 0 Å². The SMILES string of the molecule is CC(c1cc(F)ccc1F)N(CC(=O)O)C(C)(C)C. The molecule has 0 saturated heterocycles. The number of carboxylic acid groups (broad SMARTS) is 1. The zero-order valence-electron chi connectivity index (χ0n) is 11.6. The van der Waals surface area contributed by atoms with Gasteiger partial charge in [0.25, 0.3) is 0 Å². The zero-order valence-corrected chi connectivity index (χ0v) is 11.6. The fourth-order valence-electron chi connectivity index (χ4n) is 2.10. The number of aliphatic carboxylic acids is 1. The molecule has 0 aliphatic carbocycles. The Morgan fingerprint density at radius 1 is 1.37 bits per heavy atom. The molecule has 0 aromatic heterocycles. The Morgan fingerprint density at radius 2 is 1.95 bits per heavy atom. The first-order chi connectivity index (χ1) is 8.62. The summed E-state index contributed by atoms with van der Waals surface area (Å²) in [5.74, 6) is -2.07. The lowest BCUT2D eigenvalue weighted by molar-refractivity contribution is -0.140. The van der Waals surface area contributed by atoms with E-state index in [1.54, 1.807) is 11.8 Å². The molecule has 0 amide bonds. The van der Waals surface area contributed by atoms with Gasteiger partial charge in [-0.15, -0.1) is 0 Å². The Morgan fingerprint density at radius 3 is 2.42 bits per heavy atom. The van der Waals surface area contributed by atoms with Crippen molar-refractivity contribution < 1.29 is 18.7 Å². The minimum atomic E-state index is -1.00. The fourth-order valence-corrected chi connectivity index (χ4v) is 2.10. The highest BCUT2D eigenvalue weighted by Crippen LogP contribution is 2.29. The number of carboxylic acids is 1.